The van der Waals surface area contributed by atoms with Gasteiger partial charge in [0.05, 0.1) is 14.2 Å². The third-order valence-corrected chi connectivity index (χ3v) is 3.24. The minimum absolute atomic E-state index is 0.225. The molecule has 23 heavy (non-hydrogen) atoms. The largest absolute Gasteiger partial charge is 0.493 e. The molecule has 0 aliphatic carbocycles. The molecule has 0 spiro atoms. The molecule has 0 radical (unpaired) electrons. The van der Waals surface area contributed by atoms with Crippen molar-refractivity contribution in [1.82, 2.24) is 4.98 Å². The van der Waals surface area contributed by atoms with Gasteiger partial charge in [-0.25, -0.2) is 9.79 Å². The number of ether oxygens (including phenoxy) is 3. The normalized spacial score (nSPS) is 15.3. The summed E-state index contributed by atoms with van der Waals surface area (Å²) >= 11 is 0. The Balaban J connectivity index is 1.94. The number of methoxy groups -OCH3 is 2. The van der Waals surface area contributed by atoms with Crippen molar-refractivity contribution in [2.24, 2.45) is 4.99 Å². The quantitative estimate of drug-likeness (QED) is 0.641. The molecule has 0 fully saturated rings. The van der Waals surface area contributed by atoms with Gasteiger partial charge in [-0.3, -0.25) is 4.98 Å². The Morgan fingerprint density at radius 2 is 1.96 bits per heavy atom. The standard InChI is InChI=1S/C17H14N2O4/c1-21-14-6-5-12(9-15(14)22-2)16-19-13(17(20)23-16)8-11-4-3-7-18-10-11/h3-10H,1-2H3/b13-8-. The number of aromatic nitrogens is 1. The Morgan fingerprint density at radius 1 is 1.13 bits per heavy atom. The zero-order valence-electron chi connectivity index (χ0n) is 12.6. The van der Waals surface area contributed by atoms with Gasteiger partial charge in [-0.2, -0.15) is 0 Å². The minimum atomic E-state index is -0.501. The van der Waals surface area contributed by atoms with Crippen molar-refractivity contribution in [2.45, 2.75) is 0 Å². The van der Waals surface area contributed by atoms with Crippen molar-refractivity contribution in [3.8, 4) is 11.5 Å². The van der Waals surface area contributed by atoms with Crippen LogP contribution in [0.5, 0.6) is 11.5 Å². The van der Waals surface area contributed by atoms with Crippen LogP contribution in [-0.4, -0.2) is 31.1 Å². The van der Waals surface area contributed by atoms with Gasteiger partial charge >= 0.3 is 5.97 Å². The first-order valence-electron chi connectivity index (χ1n) is 6.86. The Morgan fingerprint density at radius 3 is 2.65 bits per heavy atom. The maximum absolute atomic E-state index is 12.0. The summed E-state index contributed by atoms with van der Waals surface area (Å²) in [6, 6.07) is 8.80. The van der Waals surface area contributed by atoms with Gasteiger partial charge in [-0.1, -0.05) is 6.07 Å². The predicted molar refractivity (Wildman–Crippen MR) is 84.4 cm³/mol. The van der Waals surface area contributed by atoms with E-state index < -0.39 is 5.97 Å². The van der Waals surface area contributed by atoms with E-state index in [0.717, 1.165) is 5.56 Å². The lowest BCUT2D eigenvalue weighted by atomic mass is 10.2. The maximum Gasteiger partial charge on any atom is 0.363 e. The molecule has 0 atom stereocenters. The van der Waals surface area contributed by atoms with Crippen LogP contribution in [0.4, 0.5) is 0 Å². The van der Waals surface area contributed by atoms with Crippen LogP contribution in [0.1, 0.15) is 11.1 Å². The fourth-order valence-corrected chi connectivity index (χ4v) is 2.12. The van der Waals surface area contributed by atoms with E-state index in [1.807, 2.05) is 6.07 Å². The van der Waals surface area contributed by atoms with E-state index in [4.69, 9.17) is 14.2 Å². The number of carbonyl (C=O) groups excluding carboxylic acids is 1. The number of rotatable bonds is 4. The highest BCUT2D eigenvalue weighted by atomic mass is 16.6. The number of hydrogen-bond acceptors (Lipinski definition) is 6. The van der Waals surface area contributed by atoms with Gasteiger partial charge < -0.3 is 14.2 Å². The Bertz CT molecular complexity index is 797. The fourth-order valence-electron chi connectivity index (χ4n) is 2.12. The molecule has 1 aromatic carbocycles. The van der Waals surface area contributed by atoms with E-state index >= 15 is 0 Å². The second-order valence-electron chi connectivity index (χ2n) is 4.69. The Hall–Kier alpha value is -3.15. The summed E-state index contributed by atoms with van der Waals surface area (Å²) in [5.74, 6) is 0.852. The molecule has 1 aromatic heterocycles. The molecule has 1 aliphatic heterocycles. The molecule has 0 unspecified atom stereocenters. The summed E-state index contributed by atoms with van der Waals surface area (Å²) in [5, 5.41) is 0. The van der Waals surface area contributed by atoms with Crippen LogP contribution >= 0.6 is 0 Å². The minimum Gasteiger partial charge on any atom is -0.493 e. The SMILES string of the molecule is COc1ccc(C2=N/C(=C\c3cccnc3)C(=O)O2)cc1OC. The Labute approximate surface area is 133 Å². The highest BCUT2D eigenvalue weighted by Gasteiger charge is 2.25. The Kier molecular flexibility index (Phi) is 4.05. The number of carbonyl (C=O) groups is 1. The topological polar surface area (TPSA) is 70.0 Å². The van der Waals surface area contributed by atoms with Crippen LogP contribution in [0.25, 0.3) is 6.08 Å². The van der Waals surface area contributed by atoms with E-state index in [1.54, 1.807) is 49.8 Å². The second-order valence-corrected chi connectivity index (χ2v) is 4.69. The van der Waals surface area contributed by atoms with E-state index in [2.05, 4.69) is 9.98 Å². The molecular formula is C17H14N2O4. The smallest absolute Gasteiger partial charge is 0.363 e. The fraction of sp³-hybridized carbons (Fsp3) is 0.118. The van der Waals surface area contributed by atoms with Gasteiger partial charge in [0.15, 0.2) is 17.2 Å². The summed E-state index contributed by atoms with van der Waals surface area (Å²) in [4.78, 5) is 20.2. The monoisotopic (exact) mass is 310 g/mol. The number of cyclic esters (lactones) is 1. The molecule has 1 aliphatic rings. The zero-order valence-corrected chi connectivity index (χ0v) is 12.6. The molecule has 0 saturated carbocycles. The highest BCUT2D eigenvalue weighted by molar-refractivity contribution is 6.13. The van der Waals surface area contributed by atoms with Gasteiger partial charge in [0.2, 0.25) is 5.90 Å². The van der Waals surface area contributed by atoms with E-state index in [0.29, 0.717) is 17.1 Å². The summed E-state index contributed by atoms with van der Waals surface area (Å²) < 4.78 is 15.7. The number of esters is 1. The zero-order chi connectivity index (χ0) is 16.2. The van der Waals surface area contributed by atoms with Crippen LogP contribution in [0, 0.1) is 0 Å². The van der Waals surface area contributed by atoms with Gasteiger partial charge in [0, 0.05) is 18.0 Å². The van der Waals surface area contributed by atoms with Crippen LogP contribution in [0.15, 0.2) is 53.4 Å². The summed E-state index contributed by atoms with van der Waals surface area (Å²) in [5.41, 5.74) is 1.63. The van der Waals surface area contributed by atoms with Crippen molar-refractivity contribution in [3.63, 3.8) is 0 Å². The van der Waals surface area contributed by atoms with Crippen molar-refractivity contribution in [1.29, 1.82) is 0 Å². The van der Waals surface area contributed by atoms with E-state index in [1.165, 1.54) is 7.11 Å². The van der Waals surface area contributed by atoms with Crippen LogP contribution in [0.3, 0.4) is 0 Å². The molecule has 0 amide bonds. The lowest BCUT2D eigenvalue weighted by molar-refractivity contribution is -0.129. The lowest BCUT2D eigenvalue weighted by Crippen LogP contribution is -2.05. The summed E-state index contributed by atoms with van der Waals surface area (Å²) in [6.45, 7) is 0. The first-order chi connectivity index (χ1) is 11.2. The number of hydrogen-bond donors (Lipinski definition) is 0. The molecule has 2 aromatic rings. The lowest BCUT2D eigenvalue weighted by Gasteiger charge is -2.08. The molecular weight excluding hydrogens is 296 g/mol. The maximum atomic E-state index is 12.0. The van der Waals surface area contributed by atoms with Crippen LogP contribution < -0.4 is 9.47 Å². The van der Waals surface area contributed by atoms with Crippen molar-refractivity contribution in [2.75, 3.05) is 14.2 Å². The number of pyridine rings is 1. The third kappa shape index (κ3) is 3.06. The predicted octanol–water partition coefficient (Wildman–Crippen LogP) is 2.44. The molecule has 3 rings (SSSR count). The average molecular weight is 310 g/mol. The summed E-state index contributed by atoms with van der Waals surface area (Å²) in [7, 11) is 3.09. The molecule has 0 saturated heterocycles. The molecule has 6 nitrogen and oxygen atoms in total. The number of aliphatic imine (C=N–C) groups is 1. The van der Waals surface area contributed by atoms with Gasteiger partial charge in [0.25, 0.3) is 0 Å². The van der Waals surface area contributed by atoms with Crippen LogP contribution in [0.2, 0.25) is 0 Å². The van der Waals surface area contributed by atoms with Crippen molar-refractivity contribution >= 4 is 17.9 Å². The van der Waals surface area contributed by atoms with E-state index in [-0.39, 0.29) is 11.6 Å². The number of nitrogens with zero attached hydrogens (tertiary/aromatic N) is 2. The first-order valence-corrected chi connectivity index (χ1v) is 6.86. The third-order valence-electron chi connectivity index (χ3n) is 3.24. The highest BCUT2D eigenvalue weighted by Crippen LogP contribution is 2.29. The second kappa shape index (κ2) is 6.31. The van der Waals surface area contributed by atoms with Gasteiger partial charge in [-0.05, 0) is 35.9 Å². The van der Waals surface area contributed by atoms with Gasteiger partial charge in [0.1, 0.15) is 0 Å². The first kappa shape index (κ1) is 14.8. The number of benzene rings is 1. The summed E-state index contributed by atoms with van der Waals surface area (Å²) in [6.07, 6.45) is 4.93. The van der Waals surface area contributed by atoms with Crippen molar-refractivity contribution < 1.29 is 19.0 Å². The van der Waals surface area contributed by atoms with Crippen LogP contribution in [-0.2, 0) is 9.53 Å². The molecule has 6 heteroatoms. The molecule has 116 valence electrons. The molecule has 0 N–H and O–H groups in total. The van der Waals surface area contributed by atoms with Crippen molar-refractivity contribution in [3.05, 3.63) is 59.5 Å². The molecule has 0 bridgehead atoms. The average Bonchev–Trinajstić information content (AvgIpc) is 2.96. The van der Waals surface area contributed by atoms with Gasteiger partial charge in [-0.15, -0.1) is 0 Å². The van der Waals surface area contributed by atoms with E-state index in [9.17, 15) is 4.79 Å². The molecule has 2 heterocycles.